The molecular formula is C32H59N2O5S+. The van der Waals surface area contributed by atoms with Crippen LogP contribution in [0.25, 0.3) is 0 Å². The van der Waals surface area contributed by atoms with Gasteiger partial charge in [0.2, 0.25) is 11.3 Å². The zero-order valence-corrected chi connectivity index (χ0v) is 27.0. The Morgan fingerprint density at radius 3 is 2.35 bits per heavy atom. The van der Waals surface area contributed by atoms with Crippen LogP contribution >= 0.6 is 0 Å². The Morgan fingerprint density at radius 1 is 0.975 bits per heavy atom. The van der Waals surface area contributed by atoms with Gasteiger partial charge < -0.3 is 14.9 Å². The predicted octanol–water partition coefficient (Wildman–Crippen LogP) is 5.63. The summed E-state index contributed by atoms with van der Waals surface area (Å²) in [5.41, 5.74) is 1.01. The van der Waals surface area contributed by atoms with Gasteiger partial charge in [0.1, 0.15) is 6.10 Å². The van der Waals surface area contributed by atoms with Crippen molar-refractivity contribution in [2.75, 3.05) is 27.2 Å². The van der Waals surface area contributed by atoms with Crippen molar-refractivity contribution in [2.24, 2.45) is 46.3 Å². The van der Waals surface area contributed by atoms with Crippen molar-refractivity contribution in [3.63, 3.8) is 0 Å². The fourth-order valence-corrected chi connectivity index (χ4v) is 12.3. The molecule has 0 aromatic heterocycles. The van der Waals surface area contributed by atoms with E-state index in [1.165, 1.54) is 71.1 Å². The summed E-state index contributed by atoms with van der Waals surface area (Å²) >= 11 is 0. The summed E-state index contributed by atoms with van der Waals surface area (Å²) < 4.78 is 33.1. The lowest BCUT2D eigenvalue weighted by atomic mass is 9.44. The maximum Gasteiger partial charge on any atom is 0.322 e. The number of likely N-dealkylation sites (N-methyl/N-ethyl adjacent to an activating group) is 1. The van der Waals surface area contributed by atoms with Gasteiger partial charge >= 0.3 is 10.1 Å². The van der Waals surface area contributed by atoms with E-state index in [2.05, 4.69) is 26.1 Å². The van der Waals surface area contributed by atoms with Crippen LogP contribution in [0, 0.1) is 46.3 Å². The highest BCUT2D eigenvalue weighted by Crippen LogP contribution is 2.68. The van der Waals surface area contributed by atoms with Gasteiger partial charge in [-0.05, 0) is 111 Å². The molecule has 3 N–H and O–H groups in total. The third-order valence-electron chi connectivity index (χ3n) is 12.8. The number of nitrogens with one attached hydrogen (secondary N) is 1. The summed E-state index contributed by atoms with van der Waals surface area (Å²) in [6.45, 7) is 9.88. The monoisotopic (exact) mass is 583 g/mol. The highest BCUT2D eigenvalue weighted by Gasteiger charge is 2.60. The summed E-state index contributed by atoms with van der Waals surface area (Å²) in [4.78, 5) is 12.7. The lowest BCUT2D eigenvalue weighted by molar-refractivity contribution is -0.904. The maximum atomic E-state index is 12.7. The predicted molar refractivity (Wildman–Crippen MR) is 160 cm³/mol. The first-order valence-electron chi connectivity index (χ1n) is 16.3. The molecule has 4 saturated carbocycles. The van der Waals surface area contributed by atoms with Gasteiger partial charge in [-0.15, -0.1) is 0 Å². The van der Waals surface area contributed by atoms with Gasteiger partial charge in [-0.3, -0.25) is 9.35 Å². The molecule has 4 aliphatic carbocycles. The molecular weight excluding hydrogens is 524 g/mol. The Hall–Kier alpha value is -0.700. The fourth-order valence-electron chi connectivity index (χ4n) is 11.0. The van der Waals surface area contributed by atoms with Crippen LogP contribution in [-0.2, 0) is 14.9 Å². The first-order chi connectivity index (χ1) is 18.6. The first-order valence-corrected chi connectivity index (χ1v) is 17.9. The van der Waals surface area contributed by atoms with Crippen molar-refractivity contribution in [2.45, 2.75) is 123 Å². The zero-order valence-electron chi connectivity index (χ0n) is 26.2. The van der Waals surface area contributed by atoms with Gasteiger partial charge in [-0.25, -0.2) is 0 Å². The van der Waals surface area contributed by atoms with Crippen LogP contribution in [0.2, 0.25) is 0 Å². The first kappa shape index (κ1) is 32.2. The lowest BCUT2D eigenvalue weighted by Crippen LogP contribution is -2.58. The number of aliphatic hydroxyl groups is 1. The minimum Gasteiger partial charge on any atom is -0.386 e. The number of quaternary nitrogens is 1. The summed E-state index contributed by atoms with van der Waals surface area (Å²) in [6, 6.07) is 0. The lowest BCUT2D eigenvalue weighted by Gasteiger charge is -2.61. The summed E-state index contributed by atoms with van der Waals surface area (Å²) in [7, 11) is -1.04. The summed E-state index contributed by atoms with van der Waals surface area (Å²) in [5.74, 6) is 4.98. The van der Waals surface area contributed by atoms with Crippen LogP contribution < -0.4 is 5.32 Å². The van der Waals surface area contributed by atoms with Crippen LogP contribution in [0.1, 0.15) is 111 Å². The van der Waals surface area contributed by atoms with E-state index in [0.29, 0.717) is 48.6 Å². The fraction of sp³-hybridized carbons (Fsp3) is 0.969. The molecule has 7 nitrogen and oxygen atoms in total. The van der Waals surface area contributed by atoms with Crippen LogP contribution in [-0.4, -0.2) is 67.1 Å². The Bertz CT molecular complexity index is 999. The number of hydrogen-bond acceptors (Lipinski definition) is 4. The molecule has 10 atom stereocenters. The molecule has 0 aromatic carbocycles. The molecule has 0 heterocycles. The molecule has 4 rings (SSSR count). The van der Waals surface area contributed by atoms with Crippen molar-refractivity contribution < 1.29 is 27.4 Å². The van der Waals surface area contributed by atoms with E-state index in [4.69, 9.17) is 0 Å². The van der Waals surface area contributed by atoms with Crippen molar-refractivity contribution >= 4 is 16.0 Å². The molecule has 0 spiro atoms. The van der Waals surface area contributed by atoms with E-state index < -0.39 is 21.6 Å². The second-order valence-corrected chi connectivity index (χ2v) is 17.0. The molecule has 0 saturated heterocycles. The normalized spacial score (nSPS) is 38.5. The van der Waals surface area contributed by atoms with E-state index in [-0.39, 0.29) is 10.4 Å². The third-order valence-corrected chi connectivity index (χ3v) is 14.4. The van der Waals surface area contributed by atoms with Crippen molar-refractivity contribution in [3.8, 4) is 0 Å². The number of carbonyl (C=O) groups is 1. The Kier molecular flexibility index (Phi) is 9.76. The van der Waals surface area contributed by atoms with Crippen LogP contribution in [0.4, 0.5) is 0 Å². The Balaban J connectivity index is 1.24. The van der Waals surface area contributed by atoms with Gasteiger partial charge in [0.05, 0.1) is 20.6 Å². The average Bonchev–Trinajstić information content (AvgIpc) is 3.20. The summed E-state index contributed by atoms with van der Waals surface area (Å²) in [6.07, 6.45) is 15.0. The average molecular weight is 584 g/mol. The van der Waals surface area contributed by atoms with E-state index in [1.54, 1.807) is 14.1 Å². The third kappa shape index (κ3) is 6.30. The van der Waals surface area contributed by atoms with Gasteiger partial charge in [0.25, 0.3) is 0 Å². The number of rotatable bonds is 11. The van der Waals surface area contributed by atoms with Crippen molar-refractivity contribution in [3.05, 3.63) is 0 Å². The molecule has 4 aliphatic rings. The molecule has 4 fully saturated rings. The number of nitrogens with zero attached hydrogens (tertiary/aromatic N) is 1. The molecule has 1 amide bonds. The van der Waals surface area contributed by atoms with Crippen molar-refractivity contribution in [1.82, 2.24) is 5.32 Å². The second-order valence-electron chi connectivity index (χ2n) is 15.5. The molecule has 6 unspecified atom stereocenters. The van der Waals surface area contributed by atoms with E-state index in [0.717, 1.165) is 30.1 Å². The maximum absolute atomic E-state index is 12.7. The summed E-state index contributed by atoms with van der Waals surface area (Å²) in [5, 5.41) is 11.6. The van der Waals surface area contributed by atoms with Crippen LogP contribution in [0.3, 0.4) is 0 Å². The minimum atomic E-state index is -4.40. The smallest absolute Gasteiger partial charge is 0.322 e. The van der Waals surface area contributed by atoms with Crippen LogP contribution in [0.15, 0.2) is 0 Å². The zero-order chi connectivity index (χ0) is 29.5. The highest BCUT2D eigenvalue weighted by atomic mass is 32.2. The quantitative estimate of drug-likeness (QED) is 0.166. The minimum absolute atomic E-state index is 0.0611. The van der Waals surface area contributed by atoms with E-state index in [1.807, 2.05) is 0 Å². The van der Waals surface area contributed by atoms with Gasteiger partial charge in [-0.1, -0.05) is 33.6 Å². The SMILES string of the molecule is CC(O)C([N+](C)(C)CCCNC(=O)CC[C@@H](C)[C@H]1CCC2C3CCC4CCCC[C@]4(C)C3CC[C@@]21C)S(=O)(=O)O. The highest BCUT2D eigenvalue weighted by molar-refractivity contribution is 7.86. The topological polar surface area (TPSA) is 104 Å². The molecule has 40 heavy (non-hydrogen) atoms. The molecule has 232 valence electrons. The molecule has 8 heteroatoms. The van der Waals surface area contributed by atoms with Gasteiger partial charge in [0.15, 0.2) is 0 Å². The number of carbonyl (C=O) groups excluding carboxylic acids is 1. The van der Waals surface area contributed by atoms with E-state index in [9.17, 15) is 22.9 Å². The van der Waals surface area contributed by atoms with Gasteiger partial charge in [-0.2, -0.15) is 8.42 Å². The second kappa shape index (κ2) is 12.1. The molecule has 0 bridgehead atoms. The number of aliphatic hydroxyl groups excluding tert-OH is 1. The number of hydrogen-bond donors (Lipinski definition) is 3. The largest absolute Gasteiger partial charge is 0.386 e. The van der Waals surface area contributed by atoms with Gasteiger partial charge in [0, 0.05) is 19.4 Å². The number of amides is 1. The Morgan fingerprint density at radius 2 is 1.68 bits per heavy atom. The van der Waals surface area contributed by atoms with E-state index >= 15 is 0 Å². The Labute approximate surface area is 244 Å². The van der Waals surface area contributed by atoms with Crippen LogP contribution in [0.5, 0.6) is 0 Å². The molecule has 0 radical (unpaired) electrons. The van der Waals surface area contributed by atoms with Crippen molar-refractivity contribution in [1.29, 1.82) is 0 Å². The standard InChI is InChI=1S/C32H58N2O5S/c1-22(11-16-29(36)33-20-9-21-34(5,6)30(23(2)35)40(37,38)39)26-14-15-27-25-13-12-24-10-7-8-18-31(24,3)28(25)17-19-32(26,27)4/h22-28,30,35H,7-21H2,1-6H3,(H-,33,36,37,38,39)/p+1/t22-,23?,24?,25?,26-,27?,28?,30?,31+,32-/m1/s1. The molecule has 0 aromatic rings. The number of fused-ring (bicyclic) bond motifs is 5. The molecule has 0 aliphatic heterocycles.